The molecule has 0 heterocycles. The predicted molar refractivity (Wildman–Crippen MR) is 52.7 cm³/mol. The molecule has 0 atom stereocenters. The largest absolute Gasteiger partial charge is 0.474 e. The van der Waals surface area contributed by atoms with E-state index in [9.17, 15) is 4.79 Å². The summed E-state index contributed by atoms with van der Waals surface area (Å²) in [6.07, 6.45) is 5.87. The van der Waals surface area contributed by atoms with Gasteiger partial charge in [-0.1, -0.05) is 6.92 Å². The number of hydrogen-bond acceptors (Lipinski definition) is 2. The van der Waals surface area contributed by atoms with E-state index in [4.69, 9.17) is 10.2 Å². The van der Waals surface area contributed by atoms with Crippen molar-refractivity contribution in [1.82, 2.24) is 0 Å². The van der Waals surface area contributed by atoms with Gasteiger partial charge in [-0.3, -0.25) is 5.14 Å². The summed E-state index contributed by atoms with van der Waals surface area (Å²) in [7, 11) is -3.26. The second-order valence-electron chi connectivity index (χ2n) is 4.81. The molecule has 0 spiro atoms. The molecular weight excluding hydrogens is 162 g/mol. The van der Waals surface area contributed by atoms with E-state index in [0.29, 0.717) is 5.75 Å². The summed E-state index contributed by atoms with van der Waals surface area (Å²) in [6.45, 7) is 1.95. The Morgan fingerprint density at radius 3 is 1.91 bits per heavy atom. The average Bonchev–Trinajstić information content (AvgIpc) is 1.60. The Balaban J connectivity index is 5.01. The zero-order valence-corrected chi connectivity index (χ0v) is 8.57. The summed E-state index contributed by atoms with van der Waals surface area (Å²) in [6, 6.07) is 0. The number of carboxylic acid groups (broad SMARTS) is 1. The molecule has 0 saturated carbocycles. The minimum absolute atomic E-state index is 0.579. The van der Waals surface area contributed by atoms with Crippen molar-refractivity contribution in [3.8, 4) is 0 Å². The summed E-state index contributed by atoms with van der Waals surface area (Å²) in [4.78, 5) is 11.0. The molecule has 0 radical (unpaired) electrons. The molecule has 0 saturated heterocycles. The third-order valence-corrected chi connectivity index (χ3v) is 5.35. The van der Waals surface area contributed by atoms with Gasteiger partial charge in [0.25, 0.3) is 0 Å². The van der Waals surface area contributed by atoms with E-state index in [1.165, 1.54) is 0 Å². The lowest BCUT2D eigenvalue weighted by Crippen LogP contribution is -2.50. The molecule has 0 fully saturated rings. The molecule has 0 aromatic heterocycles. The van der Waals surface area contributed by atoms with Crippen molar-refractivity contribution in [3.63, 3.8) is 0 Å². The van der Waals surface area contributed by atoms with Crippen molar-refractivity contribution in [2.45, 2.75) is 13.3 Å². The molecule has 3 nitrogen and oxygen atoms in total. The molecule has 0 aliphatic heterocycles. The van der Waals surface area contributed by atoms with Crippen LogP contribution in [0.15, 0.2) is 0 Å². The van der Waals surface area contributed by atoms with E-state index in [0.717, 1.165) is 6.42 Å². The van der Waals surface area contributed by atoms with Crippen LogP contribution >= 0.6 is 8.48 Å². The first kappa shape index (κ1) is 10.8. The maximum Gasteiger partial charge on any atom is 0.344 e. The van der Waals surface area contributed by atoms with Crippen molar-refractivity contribution in [3.05, 3.63) is 0 Å². The van der Waals surface area contributed by atoms with Crippen molar-refractivity contribution in [1.29, 1.82) is 0 Å². The number of hydrogen-bond donors (Lipinski definition) is 2. The minimum Gasteiger partial charge on any atom is -0.474 e. The first-order valence-corrected chi connectivity index (χ1v) is 7.49. The second-order valence-corrected chi connectivity index (χ2v) is 13.2. The van der Waals surface area contributed by atoms with Gasteiger partial charge in [0, 0.05) is 0 Å². The van der Waals surface area contributed by atoms with Crippen molar-refractivity contribution in [2.75, 3.05) is 24.5 Å². The van der Waals surface area contributed by atoms with Crippen LogP contribution in [0, 0.1) is 0 Å². The SMILES string of the molecule is CCCS(C)(C)(C)(N)C(=O)O. The zero-order chi connectivity index (χ0) is 9.40. The molecule has 0 unspecified atom stereocenters. The second kappa shape index (κ2) is 1.93. The van der Waals surface area contributed by atoms with Gasteiger partial charge in [-0.2, -0.15) is 8.48 Å². The van der Waals surface area contributed by atoms with E-state index >= 15 is 0 Å². The molecule has 0 aliphatic rings. The zero-order valence-electron chi connectivity index (χ0n) is 7.76. The highest BCUT2D eigenvalue weighted by molar-refractivity contribution is 8.71. The van der Waals surface area contributed by atoms with E-state index < -0.39 is 13.8 Å². The first-order chi connectivity index (χ1) is 4.52. The van der Waals surface area contributed by atoms with E-state index in [-0.39, 0.29) is 0 Å². The Bertz CT molecular complexity index is 189. The monoisotopic (exact) mass is 181 g/mol. The van der Waals surface area contributed by atoms with Crippen LogP contribution in [0.2, 0.25) is 0 Å². The standard InChI is InChI=1S/C7H19NO2S/c1-5-6-11(2,3,4,8)7(9)10/h5-6,8H2,1-4H3,(H,9,10). The molecule has 3 N–H and O–H groups in total. The summed E-state index contributed by atoms with van der Waals surface area (Å²) in [5, 5.41) is 14.2. The topological polar surface area (TPSA) is 63.3 Å². The lowest BCUT2D eigenvalue weighted by Gasteiger charge is -2.64. The fourth-order valence-corrected chi connectivity index (χ4v) is 2.76. The van der Waals surface area contributed by atoms with Crippen molar-refractivity contribution in [2.24, 2.45) is 5.14 Å². The predicted octanol–water partition coefficient (Wildman–Crippen LogP) is 1.71. The Labute approximate surface area is 67.4 Å². The van der Waals surface area contributed by atoms with Gasteiger partial charge in [0.15, 0.2) is 0 Å². The molecule has 0 amide bonds. The van der Waals surface area contributed by atoms with Crippen LogP contribution in [0.5, 0.6) is 0 Å². The van der Waals surface area contributed by atoms with Crippen LogP contribution in [0.25, 0.3) is 0 Å². The number of rotatable bonds is 2. The van der Waals surface area contributed by atoms with Crippen molar-refractivity contribution < 1.29 is 9.90 Å². The Kier molecular flexibility index (Phi) is 1.89. The summed E-state index contributed by atoms with van der Waals surface area (Å²) >= 11 is 0. The van der Waals surface area contributed by atoms with Crippen LogP contribution in [0.4, 0.5) is 4.79 Å². The van der Waals surface area contributed by atoms with Crippen LogP contribution in [-0.2, 0) is 0 Å². The maximum atomic E-state index is 11.0. The van der Waals surface area contributed by atoms with Crippen LogP contribution in [0.1, 0.15) is 13.3 Å². The molecule has 11 heavy (non-hydrogen) atoms. The Morgan fingerprint density at radius 1 is 1.45 bits per heavy atom. The molecule has 4 heteroatoms. The highest BCUT2D eigenvalue weighted by Crippen LogP contribution is 2.74. The van der Waals surface area contributed by atoms with Crippen molar-refractivity contribution >= 4 is 13.8 Å². The fourth-order valence-electron chi connectivity index (χ4n) is 0.920. The molecule has 70 valence electrons. The van der Waals surface area contributed by atoms with E-state index in [1.54, 1.807) is 18.8 Å². The quantitative estimate of drug-likeness (QED) is 0.681. The maximum absolute atomic E-state index is 11.0. The van der Waals surface area contributed by atoms with Gasteiger partial charge in [-0.25, -0.2) is 4.79 Å². The molecule has 0 aromatic carbocycles. The molecule has 0 aliphatic carbocycles. The van der Waals surface area contributed by atoms with Gasteiger partial charge in [0.05, 0.1) is 0 Å². The van der Waals surface area contributed by atoms with Gasteiger partial charge < -0.3 is 5.11 Å². The fraction of sp³-hybridized carbons (Fsp3) is 0.857. The summed E-state index contributed by atoms with van der Waals surface area (Å²) < 4.78 is 0. The van der Waals surface area contributed by atoms with Gasteiger partial charge in [-0.15, -0.1) is 0 Å². The van der Waals surface area contributed by atoms with Gasteiger partial charge in [0.2, 0.25) is 0 Å². The van der Waals surface area contributed by atoms with Crippen LogP contribution in [-0.4, -0.2) is 34.9 Å². The van der Waals surface area contributed by atoms with E-state index in [1.807, 2.05) is 6.92 Å². The third kappa shape index (κ3) is 2.38. The number of nitrogens with two attached hydrogens (primary N) is 1. The average molecular weight is 181 g/mol. The summed E-state index contributed by atoms with van der Waals surface area (Å²) in [5.41, 5.74) is 0. The highest BCUT2D eigenvalue weighted by atomic mass is 32.4. The van der Waals surface area contributed by atoms with Crippen LogP contribution < -0.4 is 5.14 Å². The Hall–Kier alpha value is -0.220. The minimum atomic E-state index is -3.26. The normalized spacial score (nSPS) is 18.6. The Morgan fingerprint density at radius 2 is 1.82 bits per heavy atom. The lowest BCUT2D eigenvalue weighted by molar-refractivity contribution is 0.220. The number of carbonyl (C=O) groups is 1. The van der Waals surface area contributed by atoms with Gasteiger partial charge in [0.1, 0.15) is 0 Å². The first-order valence-electron chi connectivity index (χ1n) is 3.59. The van der Waals surface area contributed by atoms with E-state index in [2.05, 4.69) is 0 Å². The lowest BCUT2D eigenvalue weighted by atomic mass is 10.6. The van der Waals surface area contributed by atoms with Crippen LogP contribution in [0.3, 0.4) is 0 Å². The molecule has 0 aromatic rings. The summed E-state index contributed by atoms with van der Waals surface area (Å²) in [5.74, 6) is 0.579. The molecule has 0 rings (SSSR count). The highest BCUT2D eigenvalue weighted by Gasteiger charge is 2.49. The molecule has 0 bridgehead atoms. The van der Waals surface area contributed by atoms with Gasteiger partial charge in [-0.05, 0) is 30.9 Å². The van der Waals surface area contributed by atoms with Gasteiger partial charge >= 0.3 is 5.30 Å². The third-order valence-electron chi connectivity index (χ3n) is 1.78. The smallest absolute Gasteiger partial charge is 0.344 e. The molecular formula is C7H19NO2S.